The van der Waals surface area contributed by atoms with E-state index in [4.69, 9.17) is 4.74 Å². The molecular weight excluding hydrogens is 289 g/mol. The van der Waals surface area contributed by atoms with Crippen LogP contribution in [0.15, 0.2) is 29.3 Å². The summed E-state index contributed by atoms with van der Waals surface area (Å²) in [5.41, 5.74) is 1.06. The highest BCUT2D eigenvalue weighted by Crippen LogP contribution is 2.31. The first-order valence-corrected chi connectivity index (χ1v) is 6.42. The second kappa shape index (κ2) is 5.10. The number of rotatable bonds is 3. The van der Waals surface area contributed by atoms with Crippen molar-refractivity contribution in [1.82, 2.24) is 14.8 Å². The summed E-state index contributed by atoms with van der Waals surface area (Å²) < 4.78 is 20.5. The summed E-state index contributed by atoms with van der Waals surface area (Å²) in [6.07, 6.45) is 3.51. The second-order valence-electron chi connectivity index (χ2n) is 4.81. The van der Waals surface area contributed by atoms with Crippen LogP contribution in [-0.4, -0.2) is 28.2 Å². The SMILES string of the molecule is COc1cc(-c2cn(C)c(=O)c3[nH]ncc23)cc(F)c1C=O. The van der Waals surface area contributed by atoms with Gasteiger partial charge in [-0.1, -0.05) is 0 Å². The maximum Gasteiger partial charge on any atom is 0.276 e. The average molecular weight is 301 g/mol. The van der Waals surface area contributed by atoms with Crippen LogP contribution < -0.4 is 10.3 Å². The van der Waals surface area contributed by atoms with Crippen molar-refractivity contribution in [3.05, 3.63) is 46.3 Å². The summed E-state index contributed by atoms with van der Waals surface area (Å²) in [7, 11) is 2.96. The van der Waals surface area contributed by atoms with Crippen LogP contribution in [0.1, 0.15) is 10.4 Å². The van der Waals surface area contributed by atoms with Crippen molar-refractivity contribution in [1.29, 1.82) is 0 Å². The van der Waals surface area contributed by atoms with E-state index in [9.17, 15) is 14.0 Å². The Kier molecular flexibility index (Phi) is 3.25. The molecule has 0 bridgehead atoms. The Morgan fingerprint density at radius 2 is 2.18 bits per heavy atom. The van der Waals surface area contributed by atoms with E-state index in [1.807, 2.05) is 0 Å². The van der Waals surface area contributed by atoms with Crippen molar-refractivity contribution < 1.29 is 13.9 Å². The molecular formula is C15H12FN3O3. The fraction of sp³-hybridized carbons (Fsp3) is 0.133. The number of hydrogen-bond acceptors (Lipinski definition) is 4. The fourth-order valence-corrected chi connectivity index (χ4v) is 2.41. The summed E-state index contributed by atoms with van der Waals surface area (Å²) in [5.74, 6) is -0.551. The maximum atomic E-state index is 14.1. The molecule has 0 atom stereocenters. The molecule has 0 saturated carbocycles. The number of carbonyl (C=O) groups is 1. The third kappa shape index (κ3) is 1.98. The van der Waals surface area contributed by atoms with Gasteiger partial charge < -0.3 is 9.30 Å². The molecule has 0 radical (unpaired) electrons. The number of fused-ring (bicyclic) bond motifs is 1. The van der Waals surface area contributed by atoms with Gasteiger partial charge in [0.05, 0.1) is 18.9 Å². The molecule has 0 spiro atoms. The number of benzene rings is 1. The predicted molar refractivity (Wildman–Crippen MR) is 78.7 cm³/mol. The number of aryl methyl sites for hydroxylation is 1. The molecule has 3 rings (SSSR count). The molecule has 7 heteroatoms. The zero-order valence-electron chi connectivity index (χ0n) is 11.9. The Balaban J connectivity index is 2.35. The van der Waals surface area contributed by atoms with Crippen LogP contribution in [0, 0.1) is 5.82 Å². The number of halogens is 1. The smallest absolute Gasteiger partial charge is 0.276 e. The molecule has 2 heterocycles. The largest absolute Gasteiger partial charge is 0.496 e. The van der Waals surface area contributed by atoms with Crippen molar-refractivity contribution in [3.63, 3.8) is 0 Å². The molecule has 0 saturated heterocycles. The minimum Gasteiger partial charge on any atom is -0.496 e. The van der Waals surface area contributed by atoms with Crippen molar-refractivity contribution in [2.45, 2.75) is 0 Å². The molecule has 0 aliphatic rings. The monoisotopic (exact) mass is 301 g/mol. The fourth-order valence-electron chi connectivity index (χ4n) is 2.41. The Morgan fingerprint density at radius 1 is 1.41 bits per heavy atom. The summed E-state index contributed by atoms with van der Waals surface area (Å²) in [6.45, 7) is 0. The molecule has 0 aliphatic heterocycles. The number of aldehydes is 1. The van der Waals surface area contributed by atoms with Gasteiger partial charge in [0, 0.05) is 24.2 Å². The number of ether oxygens (including phenoxy) is 1. The predicted octanol–water partition coefficient (Wildman–Crippen LogP) is 1.89. The highest BCUT2D eigenvalue weighted by molar-refractivity contribution is 5.94. The number of pyridine rings is 1. The quantitative estimate of drug-likeness (QED) is 0.749. The third-order valence-corrected chi connectivity index (χ3v) is 3.53. The number of carbonyl (C=O) groups excluding carboxylic acids is 1. The lowest BCUT2D eigenvalue weighted by atomic mass is 10.0. The summed E-state index contributed by atoms with van der Waals surface area (Å²) in [4.78, 5) is 23.0. The minimum absolute atomic E-state index is 0.135. The van der Waals surface area contributed by atoms with Crippen LogP contribution in [0.3, 0.4) is 0 Å². The van der Waals surface area contributed by atoms with E-state index in [1.54, 1.807) is 19.3 Å². The molecule has 0 amide bonds. The average Bonchev–Trinajstić information content (AvgIpc) is 2.99. The van der Waals surface area contributed by atoms with E-state index in [1.165, 1.54) is 23.9 Å². The van der Waals surface area contributed by atoms with E-state index in [0.29, 0.717) is 28.3 Å². The molecule has 112 valence electrons. The van der Waals surface area contributed by atoms with Crippen LogP contribution in [0.4, 0.5) is 4.39 Å². The molecule has 1 aromatic carbocycles. The van der Waals surface area contributed by atoms with Crippen LogP contribution >= 0.6 is 0 Å². The molecule has 1 N–H and O–H groups in total. The number of methoxy groups -OCH3 is 1. The van der Waals surface area contributed by atoms with Gasteiger partial charge in [-0.3, -0.25) is 14.7 Å². The molecule has 2 aromatic heterocycles. The highest BCUT2D eigenvalue weighted by atomic mass is 19.1. The van der Waals surface area contributed by atoms with Crippen molar-refractivity contribution in [2.24, 2.45) is 7.05 Å². The molecule has 0 fully saturated rings. The standard InChI is InChI=1S/C15H12FN3O3/c1-19-6-10(9-5-17-18-14(9)15(19)21)8-3-12(16)11(7-20)13(4-8)22-2/h3-7H,1-2H3,(H,17,18). The van der Waals surface area contributed by atoms with Gasteiger partial charge in [0.15, 0.2) is 6.29 Å². The Hall–Kier alpha value is -2.96. The van der Waals surface area contributed by atoms with Crippen molar-refractivity contribution >= 4 is 17.2 Å². The van der Waals surface area contributed by atoms with Gasteiger partial charge in [0.25, 0.3) is 5.56 Å². The summed E-state index contributed by atoms with van der Waals surface area (Å²) in [5, 5.41) is 7.08. The van der Waals surface area contributed by atoms with Gasteiger partial charge in [-0.25, -0.2) is 4.39 Å². The van der Waals surface area contributed by atoms with Crippen molar-refractivity contribution in [3.8, 4) is 16.9 Å². The third-order valence-electron chi connectivity index (χ3n) is 3.53. The minimum atomic E-state index is -0.685. The number of aromatic nitrogens is 3. The lowest BCUT2D eigenvalue weighted by Crippen LogP contribution is -2.16. The van der Waals surface area contributed by atoms with E-state index < -0.39 is 5.82 Å². The zero-order valence-corrected chi connectivity index (χ0v) is 11.9. The van der Waals surface area contributed by atoms with E-state index in [0.717, 1.165) is 0 Å². The second-order valence-corrected chi connectivity index (χ2v) is 4.81. The number of hydrogen-bond donors (Lipinski definition) is 1. The van der Waals surface area contributed by atoms with E-state index in [-0.39, 0.29) is 16.9 Å². The highest BCUT2D eigenvalue weighted by Gasteiger charge is 2.16. The van der Waals surface area contributed by atoms with Crippen LogP contribution in [-0.2, 0) is 7.05 Å². The van der Waals surface area contributed by atoms with Gasteiger partial charge >= 0.3 is 0 Å². The van der Waals surface area contributed by atoms with E-state index >= 15 is 0 Å². The van der Waals surface area contributed by atoms with Crippen LogP contribution in [0.2, 0.25) is 0 Å². The van der Waals surface area contributed by atoms with Gasteiger partial charge in [-0.05, 0) is 17.7 Å². The maximum absolute atomic E-state index is 14.1. The Labute approximate surface area is 124 Å². The first-order valence-electron chi connectivity index (χ1n) is 6.42. The van der Waals surface area contributed by atoms with Crippen LogP contribution in [0.5, 0.6) is 5.75 Å². The van der Waals surface area contributed by atoms with Gasteiger partial charge in [0.1, 0.15) is 17.1 Å². The first-order chi connectivity index (χ1) is 10.6. The molecule has 0 unspecified atom stereocenters. The Morgan fingerprint density at radius 3 is 2.86 bits per heavy atom. The normalized spacial score (nSPS) is 10.9. The van der Waals surface area contributed by atoms with Gasteiger partial charge in [-0.2, -0.15) is 5.10 Å². The number of nitrogens with one attached hydrogen (secondary N) is 1. The number of aromatic amines is 1. The first kappa shape index (κ1) is 14.0. The number of H-pyrrole nitrogens is 1. The van der Waals surface area contributed by atoms with E-state index in [2.05, 4.69) is 10.2 Å². The lowest BCUT2D eigenvalue weighted by molar-refractivity contribution is 0.111. The van der Waals surface area contributed by atoms with Crippen molar-refractivity contribution in [2.75, 3.05) is 7.11 Å². The Bertz CT molecular complexity index is 943. The summed E-state index contributed by atoms with van der Waals surface area (Å²) in [6, 6.07) is 2.79. The van der Waals surface area contributed by atoms with Gasteiger partial charge in [-0.15, -0.1) is 0 Å². The topological polar surface area (TPSA) is 77.0 Å². The molecule has 22 heavy (non-hydrogen) atoms. The summed E-state index contributed by atoms with van der Waals surface area (Å²) >= 11 is 0. The van der Waals surface area contributed by atoms with Crippen LogP contribution in [0.25, 0.3) is 22.0 Å². The molecule has 3 aromatic rings. The molecule has 6 nitrogen and oxygen atoms in total. The van der Waals surface area contributed by atoms with Gasteiger partial charge in [0.2, 0.25) is 0 Å². The zero-order chi connectivity index (χ0) is 15.9. The lowest BCUT2D eigenvalue weighted by Gasteiger charge is -2.10. The molecule has 0 aliphatic carbocycles. The number of nitrogens with zero attached hydrogens (tertiary/aromatic N) is 2.